The van der Waals surface area contributed by atoms with E-state index in [0.29, 0.717) is 27.8 Å². The number of nitrogens with zero attached hydrogens (tertiary/aromatic N) is 1. The smallest absolute Gasteiger partial charge is 0.266 e. The van der Waals surface area contributed by atoms with Gasteiger partial charge in [0.1, 0.15) is 5.82 Å². The van der Waals surface area contributed by atoms with Crippen molar-refractivity contribution in [2.24, 2.45) is 0 Å². The highest BCUT2D eigenvalue weighted by molar-refractivity contribution is 7.71. The van der Waals surface area contributed by atoms with Crippen LogP contribution in [0.3, 0.4) is 0 Å². The molecule has 4 rings (SSSR count). The maximum Gasteiger partial charge on any atom is 0.266 e. The highest BCUT2D eigenvalue weighted by Gasteiger charge is 2.12. The molecule has 1 amide bonds. The SMILES string of the molecule is Cc1ccc(NC(=O)c2ccc3c(=O)n(-c4ccc(F)cc4)c(=S)[nH]c3c2)cc1C. The van der Waals surface area contributed by atoms with Gasteiger partial charge in [-0.1, -0.05) is 6.07 Å². The summed E-state index contributed by atoms with van der Waals surface area (Å²) in [6, 6.07) is 16.0. The monoisotopic (exact) mass is 419 g/mol. The van der Waals surface area contributed by atoms with Crippen LogP contribution in [0.1, 0.15) is 21.5 Å². The third kappa shape index (κ3) is 3.67. The lowest BCUT2D eigenvalue weighted by Gasteiger charge is -2.10. The van der Waals surface area contributed by atoms with Gasteiger partial charge < -0.3 is 10.3 Å². The third-order valence-electron chi connectivity index (χ3n) is 5.01. The number of aryl methyl sites for hydroxylation is 2. The van der Waals surface area contributed by atoms with E-state index >= 15 is 0 Å². The minimum Gasteiger partial charge on any atom is -0.331 e. The molecule has 3 aromatic carbocycles. The minimum absolute atomic E-state index is 0.158. The van der Waals surface area contributed by atoms with Crippen molar-refractivity contribution in [3.63, 3.8) is 0 Å². The molecule has 1 heterocycles. The minimum atomic E-state index is -0.401. The first-order valence-electron chi connectivity index (χ1n) is 9.27. The number of hydrogen-bond donors (Lipinski definition) is 2. The molecule has 5 nitrogen and oxygen atoms in total. The van der Waals surface area contributed by atoms with E-state index in [0.717, 1.165) is 11.1 Å². The third-order valence-corrected chi connectivity index (χ3v) is 5.29. The van der Waals surface area contributed by atoms with Gasteiger partial charge in [0.25, 0.3) is 11.5 Å². The fourth-order valence-electron chi connectivity index (χ4n) is 3.21. The van der Waals surface area contributed by atoms with Crippen molar-refractivity contribution in [2.45, 2.75) is 13.8 Å². The van der Waals surface area contributed by atoms with E-state index in [9.17, 15) is 14.0 Å². The number of halogens is 1. The lowest BCUT2D eigenvalue weighted by Crippen LogP contribution is -2.21. The van der Waals surface area contributed by atoms with Crippen LogP contribution in [0.4, 0.5) is 10.1 Å². The number of rotatable bonds is 3. The Morgan fingerprint density at radius 1 is 1.00 bits per heavy atom. The fourth-order valence-corrected chi connectivity index (χ4v) is 3.50. The molecule has 0 aliphatic heterocycles. The molecule has 0 saturated carbocycles. The standard InChI is InChI=1S/C23H18FN3O2S/c1-13-3-7-17(11-14(13)2)25-21(28)15-4-10-19-20(12-15)26-23(30)27(22(19)29)18-8-5-16(24)6-9-18/h3-12H,1-2H3,(H,25,28)(H,26,30). The second-order valence-electron chi connectivity index (χ2n) is 7.06. The number of amides is 1. The van der Waals surface area contributed by atoms with Crippen molar-refractivity contribution >= 4 is 34.7 Å². The summed E-state index contributed by atoms with van der Waals surface area (Å²) in [5, 5.41) is 3.24. The van der Waals surface area contributed by atoms with Crippen LogP contribution < -0.4 is 10.9 Å². The number of anilines is 1. The van der Waals surface area contributed by atoms with Gasteiger partial charge in [-0.05, 0) is 91.8 Å². The molecular weight excluding hydrogens is 401 g/mol. The Hall–Kier alpha value is -3.58. The molecule has 0 unspecified atom stereocenters. The first kappa shape index (κ1) is 19.7. The van der Waals surface area contributed by atoms with Crippen molar-refractivity contribution < 1.29 is 9.18 Å². The summed E-state index contributed by atoms with van der Waals surface area (Å²) in [6.45, 7) is 3.98. The summed E-state index contributed by atoms with van der Waals surface area (Å²) in [4.78, 5) is 28.6. The van der Waals surface area contributed by atoms with Crippen molar-refractivity contribution in [1.82, 2.24) is 9.55 Å². The zero-order valence-corrected chi connectivity index (χ0v) is 17.1. The molecule has 1 aromatic heterocycles. The summed E-state index contributed by atoms with van der Waals surface area (Å²) in [6.07, 6.45) is 0. The quantitative estimate of drug-likeness (QED) is 0.456. The summed E-state index contributed by atoms with van der Waals surface area (Å²) in [5.74, 6) is -0.691. The van der Waals surface area contributed by atoms with Gasteiger partial charge in [-0.15, -0.1) is 0 Å². The molecule has 0 saturated heterocycles. The van der Waals surface area contributed by atoms with Gasteiger partial charge in [0.2, 0.25) is 0 Å². The van der Waals surface area contributed by atoms with Crippen molar-refractivity contribution in [3.05, 3.63) is 98.3 Å². The maximum absolute atomic E-state index is 13.2. The molecule has 0 aliphatic rings. The van der Waals surface area contributed by atoms with Crippen LogP contribution >= 0.6 is 12.2 Å². The molecule has 4 aromatic rings. The Bertz CT molecular complexity index is 1410. The van der Waals surface area contributed by atoms with Crippen molar-refractivity contribution in [2.75, 3.05) is 5.32 Å². The first-order chi connectivity index (χ1) is 14.3. The molecule has 0 radical (unpaired) electrons. The number of fused-ring (bicyclic) bond motifs is 1. The number of H-pyrrole nitrogens is 1. The van der Waals surface area contributed by atoms with E-state index in [1.165, 1.54) is 28.8 Å². The molecule has 0 atom stereocenters. The Kier molecular flexibility index (Phi) is 5.05. The summed E-state index contributed by atoms with van der Waals surface area (Å²) < 4.78 is 14.7. The van der Waals surface area contributed by atoms with E-state index in [1.54, 1.807) is 18.2 Å². The molecule has 0 aliphatic carbocycles. The summed E-state index contributed by atoms with van der Waals surface area (Å²) in [7, 11) is 0. The second kappa shape index (κ2) is 7.68. The Labute approximate surface area is 176 Å². The van der Waals surface area contributed by atoms with E-state index in [-0.39, 0.29) is 16.2 Å². The fraction of sp³-hybridized carbons (Fsp3) is 0.0870. The highest BCUT2D eigenvalue weighted by atomic mass is 32.1. The van der Waals surface area contributed by atoms with E-state index < -0.39 is 5.82 Å². The Balaban J connectivity index is 1.72. The topological polar surface area (TPSA) is 66.9 Å². The van der Waals surface area contributed by atoms with Gasteiger partial charge in [-0.25, -0.2) is 4.39 Å². The predicted octanol–water partition coefficient (Wildman–Crippen LogP) is 5.06. The predicted molar refractivity (Wildman–Crippen MR) is 119 cm³/mol. The van der Waals surface area contributed by atoms with Gasteiger partial charge in [0, 0.05) is 11.3 Å². The van der Waals surface area contributed by atoms with Gasteiger partial charge in [0.05, 0.1) is 16.6 Å². The number of carbonyl (C=O) groups is 1. The van der Waals surface area contributed by atoms with Crippen LogP contribution in [0.25, 0.3) is 16.6 Å². The van der Waals surface area contributed by atoms with E-state index in [2.05, 4.69) is 10.3 Å². The molecular formula is C23H18FN3O2S. The van der Waals surface area contributed by atoms with Crippen LogP contribution in [0.15, 0.2) is 65.5 Å². The number of aromatic amines is 1. The molecule has 0 spiro atoms. The maximum atomic E-state index is 13.2. The number of carbonyl (C=O) groups excluding carboxylic acids is 1. The number of hydrogen-bond acceptors (Lipinski definition) is 3. The molecule has 2 N–H and O–H groups in total. The lowest BCUT2D eigenvalue weighted by atomic mass is 10.1. The first-order valence-corrected chi connectivity index (χ1v) is 9.68. The van der Waals surface area contributed by atoms with Gasteiger partial charge in [-0.3, -0.25) is 14.2 Å². The van der Waals surface area contributed by atoms with Crippen molar-refractivity contribution in [1.29, 1.82) is 0 Å². The van der Waals surface area contributed by atoms with Gasteiger partial charge >= 0.3 is 0 Å². The second-order valence-corrected chi connectivity index (χ2v) is 7.45. The highest BCUT2D eigenvalue weighted by Crippen LogP contribution is 2.17. The lowest BCUT2D eigenvalue weighted by molar-refractivity contribution is 0.102. The largest absolute Gasteiger partial charge is 0.331 e. The molecule has 150 valence electrons. The number of benzene rings is 3. The van der Waals surface area contributed by atoms with Crippen LogP contribution in [0.5, 0.6) is 0 Å². The molecule has 30 heavy (non-hydrogen) atoms. The van der Waals surface area contributed by atoms with Gasteiger partial charge in [0.15, 0.2) is 4.77 Å². The van der Waals surface area contributed by atoms with Crippen molar-refractivity contribution in [3.8, 4) is 5.69 Å². The van der Waals surface area contributed by atoms with Gasteiger partial charge in [-0.2, -0.15) is 0 Å². The average Bonchev–Trinajstić information content (AvgIpc) is 2.71. The normalized spacial score (nSPS) is 10.9. The van der Waals surface area contributed by atoms with Crippen LogP contribution in [-0.2, 0) is 0 Å². The average molecular weight is 419 g/mol. The summed E-state index contributed by atoms with van der Waals surface area (Å²) in [5.41, 5.74) is 3.88. The van der Waals surface area contributed by atoms with E-state index in [4.69, 9.17) is 12.2 Å². The van der Waals surface area contributed by atoms with Crippen LogP contribution in [0, 0.1) is 24.4 Å². The summed E-state index contributed by atoms with van der Waals surface area (Å²) >= 11 is 5.34. The number of nitrogens with one attached hydrogen (secondary N) is 2. The molecule has 0 bridgehead atoms. The van der Waals surface area contributed by atoms with E-state index in [1.807, 2.05) is 32.0 Å². The Morgan fingerprint density at radius 2 is 1.73 bits per heavy atom. The van der Waals surface area contributed by atoms with Crippen LogP contribution in [0.2, 0.25) is 0 Å². The Morgan fingerprint density at radius 3 is 2.43 bits per heavy atom. The molecule has 7 heteroatoms. The number of aromatic nitrogens is 2. The molecule has 0 fully saturated rings. The van der Waals surface area contributed by atoms with Crippen LogP contribution in [-0.4, -0.2) is 15.5 Å². The zero-order valence-electron chi connectivity index (χ0n) is 16.3. The zero-order chi connectivity index (χ0) is 21.4.